The quantitative estimate of drug-likeness (QED) is 0.775. The summed E-state index contributed by atoms with van der Waals surface area (Å²) in [6.45, 7) is 8.38. The molecular weight excluding hydrogens is 212 g/mol. The van der Waals surface area contributed by atoms with Crippen LogP contribution in [-0.4, -0.2) is 17.5 Å². The highest BCUT2D eigenvalue weighted by Gasteiger charge is 2.35. The SMILES string of the molecule is CCCC(C)(N)C(=O)NC1CCC(CC)C1C. The second kappa shape index (κ2) is 5.85. The number of amides is 1. The highest BCUT2D eigenvalue weighted by atomic mass is 16.2. The zero-order valence-corrected chi connectivity index (χ0v) is 11.8. The van der Waals surface area contributed by atoms with E-state index in [-0.39, 0.29) is 5.91 Å². The molecule has 0 aromatic rings. The minimum atomic E-state index is -0.710. The minimum absolute atomic E-state index is 0.0213. The molecule has 0 aromatic carbocycles. The number of hydrogen-bond donors (Lipinski definition) is 2. The fourth-order valence-electron chi connectivity index (χ4n) is 2.99. The molecule has 0 saturated heterocycles. The molecule has 0 spiro atoms. The van der Waals surface area contributed by atoms with E-state index in [0.717, 1.165) is 25.2 Å². The molecule has 1 aliphatic rings. The van der Waals surface area contributed by atoms with Gasteiger partial charge in [0.15, 0.2) is 0 Å². The molecule has 1 saturated carbocycles. The molecule has 1 rings (SSSR count). The van der Waals surface area contributed by atoms with Crippen LogP contribution < -0.4 is 11.1 Å². The van der Waals surface area contributed by atoms with Crippen molar-refractivity contribution in [1.29, 1.82) is 0 Å². The molecule has 3 nitrogen and oxygen atoms in total. The Morgan fingerprint density at radius 3 is 2.53 bits per heavy atom. The molecule has 0 heterocycles. The number of carbonyl (C=O) groups is 1. The zero-order valence-electron chi connectivity index (χ0n) is 11.8. The van der Waals surface area contributed by atoms with Crippen LogP contribution in [-0.2, 0) is 4.79 Å². The fourth-order valence-corrected chi connectivity index (χ4v) is 2.99. The summed E-state index contributed by atoms with van der Waals surface area (Å²) < 4.78 is 0. The van der Waals surface area contributed by atoms with Crippen molar-refractivity contribution >= 4 is 5.91 Å². The Morgan fingerprint density at radius 1 is 1.41 bits per heavy atom. The molecule has 4 atom stereocenters. The van der Waals surface area contributed by atoms with Gasteiger partial charge in [-0.15, -0.1) is 0 Å². The number of nitrogens with one attached hydrogen (secondary N) is 1. The van der Waals surface area contributed by atoms with Crippen LogP contribution in [0.3, 0.4) is 0 Å². The summed E-state index contributed by atoms with van der Waals surface area (Å²) in [6, 6.07) is 0.326. The standard InChI is InChI=1S/C14H28N2O/c1-5-9-14(4,15)13(17)16-12-8-7-11(6-2)10(12)3/h10-12H,5-9,15H2,1-4H3,(H,16,17). The van der Waals surface area contributed by atoms with Crippen LogP contribution in [0.4, 0.5) is 0 Å². The summed E-state index contributed by atoms with van der Waals surface area (Å²) in [7, 11) is 0. The van der Waals surface area contributed by atoms with Crippen LogP contribution in [0.5, 0.6) is 0 Å². The van der Waals surface area contributed by atoms with Crippen LogP contribution in [0.2, 0.25) is 0 Å². The van der Waals surface area contributed by atoms with Crippen LogP contribution >= 0.6 is 0 Å². The Balaban J connectivity index is 2.52. The maximum atomic E-state index is 12.1. The van der Waals surface area contributed by atoms with E-state index >= 15 is 0 Å². The van der Waals surface area contributed by atoms with E-state index in [2.05, 4.69) is 26.1 Å². The van der Waals surface area contributed by atoms with Crippen molar-refractivity contribution in [3.8, 4) is 0 Å². The van der Waals surface area contributed by atoms with Crippen LogP contribution in [0.1, 0.15) is 59.8 Å². The van der Waals surface area contributed by atoms with Crippen molar-refractivity contribution in [1.82, 2.24) is 5.32 Å². The van der Waals surface area contributed by atoms with E-state index < -0.39 is 5.54 Å². The lowest BCUT2D eigenvalue weighted by Crippen LogP contribution is -2.54. The van der Waals surface area contributed by atoms with E-state index in [1.54, 1.807) is 0 Å². The van der Waals surface area contributed by atoms with E-state index in [0.29, 0.717) is 12.0 Å². The van der Waals surface area contributed by atoms with Gasteiger partial charge in [-0.2, -0.15) is 0 Å². The van der Waals surface area contributed by atoms with Crippen LogP contribution in [0.15, 0.2) is 0 Å². The predicted molar refractivity (Wildman–Crippen MR) is 71.6 cm³/mol. The van der Waals surface area contributed by atoms with E-state index in [4.69, 9.17) is 5.73 Å². The second-order valence-electron chi connectivity index (χ2n) is 5.85. The largest absolute Gasteiger partial charge is 0.352 e. The van der Waals surface area contributed by atoms with Gasteiger partial charge in [-0.25, -0.2) is 0 Å². The summed E-state index contributed by atoms with van der Waals surface area (Å²) in [5.41, 5.74) is 5.34. The third kappa shape index (κ3) is 3.44. The Morgan fingerprint density at radius 2 is 2.06 bits per heavy atom. The molecule has 100 valence electrons. The lowest BCUT2D eigenvalue weighted by atomic mass is 9.92. The summed E-state index contributed by atoms with van der Waals surface area (Å²) in [5, 5.41) is 3.15. The van der Waals surface area contributed by atoms with Gasteiger partial charge in [0.2, 0.25) is 5.91 Å². The fraction of sp³-hybridized carbons (Fsp3) is 0.929. The van der Waals surface area contributed by atoms with Crippen LogP contribution in [0, 0.1) is 11.8 Å². The van der Waals surface area contributed by atoms with Gasteiger partial charge in [0.1, 0.15) is 0 Å². The molecule has 3 N–H and O–H groups in total. The smallest absolute Gasteiger partial charge is 0.240 e. The third-order valence-electron chi connectivity index (χ3n) is 4.36. The van der Waals surface area contributed by atoms with Crippen LogP contribution in [0.25, 0.3) is 0 Å². The number of rotatable bonds is 5. The van der Waals surface area contributed by atoms with Gasteiger partial charge in [-0.05, 0) is 38.0 Å². The van der Waals surface area contributed by atoms with E-state index in [1.807, 2.05) is 6.92 Å². The Labute approximate surface area is 106 Å². The van der Waals surface area contributed by atoms with Gasteiger partial charge in [-0.3, -0.25) is 4.79 Å². The van der Waals surface area contributed by atoms with Gasteiger partial charge in [0, 0.05) is 6.04 Å². The third-order valence-corrected chi connectivity index (χ3v) is 4.36. The molecule has 1 aliphatic carbocycles. The second-order valence-corrected chi connectivity index (χ2v) is 5.85. The molecule has 0 radical (unpaired) electrons. The Bertz CT molecular complexity index is 263. The number of hydrogen-bond acceptors (Lipinski definition) is 2. The van der Waals surface area contributed by atoms with E-state index in [9.17, 15) is 4.79 Å². The van der Waals surface area contributed by atoms with Crippen molar-refractivity contribution in [3.05, 3.63) is 0 Å². The number of nitrogens with two attached hydrogens (primary N) is 1. The normalized spacial score (nSPS) is 32.2. The van der Waals surface area contributed by atoms with Crippen molar-refractivity contribution in [3.63, 3.8) is 0 Å². The topological polar surface area (TPSA) is 55.1 Å². The molecular formula is C14H28N2O. The maximum absolute atomic E-state index is 12.1. The predicted octanol–water partition coefficient (Wildman–Crippen LogP) is 2.44. The Hall–Kier alpha value is -0.570. The number of carbonyl (C=O) groups excluding carboxylic acids is 1. The first kappa shape index (κ1) is 14.5. The molecule has 1 fully saturated rings. The molecule has 17 heavy (non-hydrogen) atoms. The van der Waals surface area contributed by atoms with Crippen molar-refractivity contribution in [2.24, 2.45) is 17.6 Å². The van der Waals surface area contributed by atoms with Crippen molar-refractivity contribution < 1.29 is 4.79 Å². The molecule has 1 amide bonds. The summed E-state index contributed by atoms with van der Waals surface area (Å²) in [6.07, 6.45) is 5.24. The average molecular weight is 240 g/mol. The van der Waals surface area contributed by atoms with Crippen molar-refractivity contribution in [2.45, 2.75) is 71.4 Å². The molecule has 0 aromatic heterocycles. The lowest BCUT2D eigenvalue weighted by Gasteiger charge is -2.28. The summed E-state index contributed by atoms with van der Waals surface area (Å²) in [4.78, 5) is 12.1. The maximum Gasteiger partial charge on any atom is 0.240 e. The first-order valence-corrected chi connectivity index (χ1v) is 7.02. The zero-order chi connectivity index (χ0) is 13.1. The molecule has 3 heteroatoms. The lowest BCUT2D eigenvalue weighted by molar-refractivity contribution is -0.127. The van der Waals surface area contributed by atoms with Crippen molar-refractivity contribution in [2.75, 3.05) is 0 Å². The summed E-state index contributed by atoms with van der Waals surface area (Å²) in [5.74, 6) is 1.37. The summed E-state index contributed by atoms with van der Waals surface area (Å²) >= 11 is 0. The monoisotopic (exact) mass is 240 g/mol. The molecule has 4 unspecified atom stereocenters. The Kier molecular flexibility index (Phi) is 4.99. The first-order valence-electron chi connectivity index (χ1n) is 7.02. The van der Waals surface area contributed by atoms with Gasteiger partial charge < -0.3 is 11.1 Å². The first-order chi connectivity index (χ1) is 7.92. The molecule has 0 bridgehead atoms. The van der Waals surface area contributed by atoms with Gasteiger partial charge >= 0.3 is 0 Å². The van der Waals surface area contributed by atoms with Gasteiger partial charge in [0.25, 0.3) is 0 Å². The van der Waals surface area contributed by atoms with Gasteiger partial charge in [0.05, 0.1) is 5.54 Å². The average Bonchev–Trinajstić information content (AvgIpc) is 2.60. The highest BCUT2D eigenvalue weighted by Crippen LogP contribution is 2.34. The minimum Gasteiger partial charge on any atom is -0.352 e. The highest BCUT2D eigenvalue weighted by molar-refractivity contribution is 5.85. The molecule has 0 aliphatic heterocycles. The van der Waals surface area contributed by atoms with E-state index in [1.165, 1.54) is 12.8 Å². The van der Waals surface area contributed by atoms with Gasteiger partial charge in [-0.1, -0.05) is 33.6 Å².